The first-order valence-electron chi connectivity index (χ1n) is 9.66. The zero-order valence-corrected chi connectivity index (χ0v) is 17.2. The summed E-state index contributed by atoms with van der Waals surface area (Å²) in [6, 6.07) is 9.22. The van der Waals surface area contributed by atoms with E-state index >= 15 is 0 Å². The van der Waals surface area contributed by atoms with Crippen molar-refractivity contribution in [3.05, 3.63) is 51.2 Å². The first kappa shape index (κ1) is 20.7. The maximum atomic E-state index is 12.9. The summed E-state index contributed by atoms with van der Waals surface area (Å²) < 4.78 is 9.74. The molecule has 9 heteroatoms. The Morgan fingerprint density at radius 2 is 1.76 bits per heavy atom. The number of hydrogen-bond acceptors (Lipinski definition) is 6. The fourth-order valence-corrected chi connectivity index (χ4v) is 3.33. The zero-order valence-electron chi connectivity index (χ0n) is 17.2. The van der Waals surface area contributed by atoms with Crippen molar-refractivity contribution in [2.24, 2.45) is 14.1 Å². The monoisotopic (exact) mass is 401 g/mol. The smallest absolute Gasteiger partial charge is 0.332 e. The second-order valence-corrected chi connectivity index (χ2v) is 6.85. The van der Waals surface area contributed by atoms with E-state index in [2.05, 4.69) is 4.98 Å². The maximum Gasteiger partial charge on any atom is 0.332 e. The van der Waals surface area contributed by atoms with Gasteiger partial charge in [0, 0.05) is 27.2 Å². The van der Waals surface area contributed by atoms with Crippen LogP contribution in [0.2, 0.25) is 0 Å². The number of anilines is 1. The molecule has 3 aromatic rings. The van der Waals surface area contributed by atoms with E-state index in [4.69, 9.17) is 4.74 Å². The van der Waals surface area contributed by atoms with Gasteiger partial charge in [0.25, 0.3) is 5.56 Å². The zero-order chi connectivity index (χ0) is 21.1. The lowest BCUT2D eigenvalue weighted by Crippen LogP contribution is -2.38. The third kappa shape index (κ3) is 3.91. The molecule has 0 spiro atoms. The molecule has 0 unspecified atom stereocenters. The minimum Gasteiger partial charge on any atom is -0.491 e. The van der Waals surface area contributed by atoms with Crippen molar-refractivity contribution < 1.29 is 9.84 Å². The molecule has 0 aliphatic carbocycles. The van der Waals surface area contributed by atoms with Crippen molar-refractivity contribution in [1.82, 2.24) is 18.7 Å². The average molecular weight is 401 g/mol. The van der Waals surface area contributed by atoms with E-state index < -0.39 is 17.4 Å². The number of aryl methyl sites for hydroxylation is 1. The maximum absolute atomic E-state index is 12.9. The van der Waals surface area contributed by atoms with Crippen LogP contribution in [-0.2, 0) is 20.6 Å². The Balaban J connectivity index is 2.03. The van der Waals surface area contributed by atoms with Crippen LogP contribution in [0.25, 0.3) is 11.2 Å². The third-order valence-corrected chi connectivity index (χ3v) is 4.95. The van der Waals surface area contributed by atoms with E-state index in [0.29, 0.717) is 30.4 Å². The fourth-order valence-electron chi connectivity index (χ4n) is 3.33. The van der Waals surface area contributed by atoms with Crippen LogP contribution in [-0.4, -0.2) is 49.6 Å². The van der Waals surface area contributed by atoms with Gasteiger partial charge < -0.3 is 19.3 Å². The Bertz CT molecular complexity index is 1100. The molecule has 9 nitrogen and oxygen atoms in total. The van der Waals surface area contributed by atoms with E-state index in [1.54, 1.807) is 11.6 Å². The Kier molecular flexibility index (Phi) is 6.07. The summed E-state index contributed by atoms with van der Waals surface area (Å²) in [7, 11) is 3.02. The standard InChI is InChI=1S/C20H27N5O4/c1-5-24(6-2)19-21-17-16(18(27)23(4)20(28)22(17)3)25(19)12-14(26)13-29-15-10-8-7-9-11-15/h7-11,14,26H,5-6,12-13H2,1-4H3/t14-/m0/s1. The number of benzene rings is 1. The second-order valence-electron chi connectivity index (χ2n) is 6.85. The van der Waals surface area contributed by atoms with Gasteiger partial charge in [-0.05, 0) is 26.0 Å². The quantitative estimate of drug-likeness (QED) is 0.598. The lowest BCUT2D eigenvalue weighted by Gasteiger charge is -2.22. The van der Waals surface area contributed by atoms with Crippen LogP contribution < -0.4 is 20.9 Å². The molecule has 0 bridgehead atoms. The predicted octanol–water partition coefficient (Wildman–Crippen LogP) is 0.720. The Labute approximate surface area is 168 Å². The first-order chi connectivity index (χ1) is 13.9. The van der Waals surface area contributed by atoms with Gasteiger partial charge in [0.05, 0.1) is 6.54 Å². The number of rotatable bonds is 8. The molecule has 2 heterocycles. The molecular formula is C20H27N5O4. The molecule has 156 valence electrons. The highest BCUT2D eigenvalue weighted by Gasteiger charge is 2.23. The SMILES string of the molecule is CCN(CC)c1nc2c(c(=O)n(C)c(=O)n2C)n1C[C@H](O)COc1ccccc1. The molecule has 2 aromatic heterocycles. The molecule has 29 heavy (non-hydrogen) atoms. The fraction of sp³-hybridized carbons (Fsp3) is 0.450. The first-order valence-corrected chi connectivity index (χ1v) is 9.66. The van der Waals surface area contributed by atoms with Gasteiger partial charge in [-0.1, -0.05) is 18.2 Å². The van der Waals surface area contributed by atoms with E-state index in [0.717, 1.165) is 4.57 Å². The molecule has 0 saturated carbocycles. The van der Waals surface area contributed by atoms with Crippen molar-refractivity contribution in [2.75, 3.05) is 24.6 Å². The summed E-state index contributed by atoms with van der Waals surface area (Å²) in [5.41, 5.74) is -0.289. The molecule has 0 aliphatic rings. The number of imidazole rings is 1. The van der Waals surface area contributed by atoms with E-state index in [9.17, 15) is 14.7 Å². The van der Waals surface area contributed by atoms with Gasteiger partial charge in [0.1, 0.15) is 18.5 Å². The summed E-state index contributed by atoms with van der Waals surface area (Å²) in [4.78, 5) is 31.7. The van der Waals surface area contributed by atoms with Crippen LogP contribution >= 0.6 is 0 Å². The molecule has 1 aromatic carbocycles. The van der Waals surface area contributed by atoms with Crippen LogP contribution in [0.5, 0.6) is 5.75 Å². The Morgan fingerprint density at radius 1 is 1.10 bits per heavy atom. The number of ether oxygens (including phenoxy) is 1. The number of fused-ring (bicyclic) bond motifs is 1. The van der Waals surface area contributed by atoms with Gasteiger partial charge in [-0.15, -0.1) is 0 Å². The van der Waals surface area contributed by atoms with Gasteiger partial charge in [-0.3, -0.25) is 13.9 Å². The van der Waals surface area contributed by atoms with Crippen molar-refractivity contribution in [3.63, 3.8) is 0 Å². The van der Waals surface area contributed by atoms with Crippen molar-refractivity contribution >= 4 is 17.1 Å². The topological polar surface area (TPSA) is 94.5 Å². The number of hydrogen-bond donors (Lipinski definition) is 1. The van der Waals surface area contributed by atoms with E-state index in [1.807, 2.05) is 49.1 Å². The minimum absolute atomic E-state index is 0.0630. The van der Waals surface area contributed by atoms with Crippen LogP contribution in [0.15, 0.2) is 39.9 Å². The van der Waals surface area contributed by atoms with Gasteiger partial charge >= 0.3 is 5.69 Å². The van der Waals surface area contributed by atoms with Gasteiger partial charge in [-0.25, -0.2) is 4.79 Å². The van der Waals surface area contributed by atoms with Crippen LogP contribution in [0.4, 0.5) is 5.95 Å². The molecule has 0 amide bonds. The average Bonchev–Trinajstić information content (AvgIpc) is 3.10. The predicted molar refractivity (Wildman–Crippen MR) is 112 cm³/mol. The van der Waals surface area contributed by atoms with Crippen LogP contribution in [0.1, 0.15) is 13.8 Å². The molecule has 1 N–H and O–H groups in total. The molecule has 3 rings (SSSR count). The highest BCUT2D eigenvalue weighted by molar-refractivity contribution is 5.74. The summed E-state index contributed by atoms with van der Waals surface area (Å²) in [5, 5.41) is 10.6. The number of aliphatic hydroxyl groups is 1. The summed E-state index contributed by atoms with van der Waals surface area (Å²) in [6.45, 7) is 5.49. The highest BCUT2D eigenvalue weighted by atomic mass is 16.5. The normalized spacial score (nSPS) is 12.3. The highest BCUT2D eigenvalue weighted by Crippen LogP contribution is 2.20. The lowest BCUT2D eigenvalue weighted by atomic mass is 10.3. The summed E-state index contributed by atoms with van der Waals surface area (Å²) in [5.74, 6) is 1.20. The lowest BCUT2D eigenvalue weighted by molar-refractivity contribution is 0.0936. The molecule has 0 radical (unpaired) electrons. The minimum atomic E-state index is -0.871. The molecule has 0 aliphatic heterocycles. The van der Waals surface area contributed by atoms with Crippen LogP contribution in [0, 0.1) is 0 Å². The van der Waals surface area contributed by atoms with Gasteiger partial charge in [0.15, 0.2) is 11.2 Å². The van der Waals surface area contributed by atoms with E-state index in [-0.39, 0.29) is 18.7 Å². The van der Waals surface area contributed by atoms with Crippen molar-refractivity contribution in [1.29, 1.82) is 0 Å². The number of para-hydroxylation sites is 1. The Morgan fingerprint density at radius 3 is 2.38 bits per heavy atom. The van der Waals surface area contributed by atoms with Crippen molar-refractivity contribution in [3.8, 4) is 5.75 Å². The van der Waals surface area contributed by atoms with E-state index in [1.165, 1.54) is 11.6 Å². The van der Waals surface area contributed by atoms with Gasteiger partial charge in [0.2, 0.25) is 5.95 Å². The third-order valence-electron chi connectivity index (χ3n) is 4.95. The Hall–Kier alpha value is -3.07. The van der Waals surface area contributed by atoms with Crippen LogP contribution in [0.3, 0.4) is 0 Å². The summed E-state index contributed by atoms with van der Waals surface area (Å²) >= 11 is 0. The van der Waals surface area contributed by atoms with Crippen molar-refractivity contribution in [2.45, 2.75) is 26.5 Å². The largest absolute Gasteiger partial charge is 0.491 e. The molecule has 1 atom stereocenters. The molecule has 0 saturated heterocycles. The van der Waals surface area contributed by atoms with Gasteiger partial charge in [-0.2, -0.15) is 4.98 Å². The number of aliphatic hydroxyl groups excluding tert-OH is 1. The molecular weight excluding hydrogens is 374 g/mol. The number of aromatic nitrogens is 4. The number of nitrogens with zero attached hydrogens (tertiary/aromatic N) is 5. The summed E-state index contributed by atoms with van der Waals surface area (Å²) in [6.07, 6.45) is -0.871. The second kappa shape index (κ2) is 8.52. The molecule has 0 fully saturated rings.